The number of ether oxygens (including phenoxy) is 2. The molecule has 1 amide bonds. The van der Waals surface area contributed by atoms with Crippen LogP contribution in [0.4, 0.5) is 4.79 Å². The Hall–Kier alpha value is -2.04. The van der Waals surface area contributed by atoms with Gasteiger partial charge in [-0.15, -0.1) is 0 Å². The molecule has 1 atom stereocenters. The Morgan fingerprint density at radius 3 is 2.27 bits per heavy atom. The van der Waals surface area contributed by atoms with E-state index in [9.17, 15) is 9.59 Å². The van der Waals surface area contributed by atoms with Gasteiger partial charge in [0.25, 0.3) is 0 Å². The summed E-state index contributed by atoms with van der Waals surface area (Å²) in [4.78, 5) is 23.8. The maximum Gasteiger partial charge on any atom is 0.407 e. The molecule has 0 spiro atoms. The Morgan fingerprint density at radius 1 is 1.18 bits per heavy atom. The molecule has 1 aromatic carbocycles. The topological polar surface area (TPSA) is 64.6 Å². The third-order valence-electron chi connectivity index (χ3n) is 2.74. The summed E-state index contributed by atoms with van der Waals surface area (Å²) >= 11 is 0. The van der Waals surface area contributed by atoms with Crippen LogP contribution in [0.1, 0.15) is 51.4 Å². The first-order chi connectivity index (χ1) is 10.2. The van der Waals surface area contributed by atoms with Crippen LogP contribution in [0, 0.1) is 0 Å². The summed E-state index contributed by atoms with van der Waals surface area (Å²) < 4.78 is 10.5. The molecule has 1 rings (SSSR count). The maximum absolute atomic E-state index is 12.2. The molecule has 0 saturated heterocycles. The van der Waals surface area contributed by atoms with Crippen LogP contribution >= 0.6 is 0 Å². The van der Waals surface area contributed by atoms with Crippen molar-refractivity contribution in [3.8, 4) is 5.75 Å². The monoisotopic (exact) mass is 307 g/mol. The van der Waals surface area contributed by atoms with Gasteiger partial charge in [-0.25, -0.2) is 4.79 Å². The normalized spacial score (nSPS) is 12.4. The number of alkyl carbamates (subject to hydrolysis) is 1. The van der Waals surface area contributed by atoms with Gasteiger partial charge in [-0.2, -0.15) is 0 Å². The third kappa shape index (κ3) is 6.61. The number of rotatable bonds is 6. The van der Waals surface area contributed by atoms with Gasteiger partial charge in [-0.1, -0.05) is 0 Å². The smallest absolute Gasteiger partial charge is 0.407 e. The number of carbonyl (C=O) groups excluding carboxylic acids is 2. The predicted molar refractivity (Wildman–Crippen MR) is 85.4 cm³/mol. The third-order valence-corrected chi connectivity index (χ3v) is 2.74. The fourth-order valence-corrected chi connectivity index (χ4v) is 1.86. The summed E-state index contributed by atoms with van der Waals surface area (Å²) in [6.45, 7) is 9.65. The van der Waals surface area contributed by atoms with Crippen molar-refractivity contribution in [1.29, 1.82) is 0 Å². The fraction of sp³-hybridized carbons (Fsp3) is 0.529. The lowest BCUT2D eigenvalue weighted by Gasteiger charge is -2.21. The van der Waals surface area contributed by atoms with Gasteiger partial charge in [0, 0.05) is 18.0 Å². The quantitative estimate of drug-likeness (QED) is 0.816. The number of hydrogen-bond donors (Lipinski definition) is 1. The standard InChI is InChI=1S/C17H25NO4/c1-6-21-14-9-7-13(8-10-14)15(19)11-12(2)18-16(20)22-17(3,4)5/h7-10,12H,6,11H2,1-5H3,(H,18,20). The average molecular weight is 307 g/mol. The molecule has 0 aliphatic carbocycles. The Balaban J connectivity index is 2.51. The van der Waals surface area contributed by atoms with E-state index in [-0.39, 0.29) is 18.2 Å². The molecule has 0 aliphatic rings. The Morgan fingerprint density at radius 2 is 1.77 bits per heavy atom. The Labute approximate surface area is 132 Å². The van der Waals surface area contributed by atoms with Crippen LogP contribution in [0.15, 0.2) is 24.3 Å². The van der Waals surface area contributed by atoms with Crippen molar-refractivity contribution in [1.82, 2.24) is 5.32 Å². The molecule has 0 aromatic heterocycles. The second kappa shape index (κ2) is 7.82. The summed E-state index contributed by atoms with van der Waals surface area (Å²) in [5, 5.41) is 2.66. The summed E-state index contributed by atoms with van der Waals surface area (Å²) in [5.74, 6) is 0.700. The largest absolute Gasteiger partial charge is 0.494 e. The Bertz CT molecular complexity index is 502. The lowest BCUT2D eigenvalue weighted by molar-refractivity contribution is 0.0506. The van der Waals surface area contributed by atoms with Crippen molar-refractivity contribution in [3.05, 3.63) is 29.8 Å². The lowest BCUT2D eigenvalue weighted by atomic mass is 10.0. The van der Waals surface area contributed by atoms with Gasteiger partial charge < -0.3 is 14.8 Å². The number of amides is 1. The van der Waals surface area contributed by atoms with E-state index in [1.54, 1.807) is 52.0 Å². The van der Waals surface area contributed by atoms with Gasteiger partial charge >= 0.3 is 6.09 Å². The van der Waals surface area contributed by atoms with E-state index in [0.29, 0.717) is 12.2 Å². The number of ketones is 1. The van der Waals surface area contributed by atoms with Crippen LogP contribution in [-0.2, 0) is 4.74 Å². The van der Waals surface area contributed by atoms with Crippen LogP contribution in [-0.4, -0.2) is 30.1 Å². The Kier molecular flexibility index (Phi) is 6.40. The van der Waals surface area contributed by atoms with E-state index in [1.807, 2.05) is 6.92 Å². The van der Waals surface area contributed by atoms with E-state index in [2.05, 4.69) is 5.32 Å². The molecule has 122 valence electrons. The zero-order valence-electron chi connectivity index (χ0n) is 13.9. The average Bonchev–Trinajstić information content (AvgIpc) is 2.37. The molecule has 0 heterocycles. The number of benzene rings is 1. The van der Waals surface area contributed by atoms with E-state index in [4.69, 9.17) is 9.47 Å². The first-order valence-corrected chi connectivity index (χ1v) is 7.47. The molecule has 0 saturated carbocycles. The highest BCUT2D eigenvalue weighted by molar-refractivity contribution is 5.96. The van der Waals surface area contributed by atoms with Gasteiger partial charge in [-0.05, 0) is 58.9 Å². The lowest BCUT2D eigenvalue weighted by Crippen LogP contribution is -2.38. The molecule has 0 bridgehead atoms. The zero-order chi connectivity index (χ0) is 16.8. The van der Waals surface area contributed by atoms with Crippen molar-refractivity contribution in [2.45, 2.75) is 52.7 Å². The van der Waals surface area contributed by atoms with Crippen molar-refractivity contribution in [2.75, 3.05) is 6.61 Å². The minimum atomic E-state index is -0.553. The second-order valence-corrected chi connectivity index (χ2v) is 6.13. The number of hydrogen-bond acceptors (Lipinski definition) is 4. The molecular formula is C17H25NO4. The van der Waals surface area contributed by atoms with E-state index in [1.165, 1.54) is 0 Å². The first-order valence-electron chi connectivity index (χ1n) is 7.47. The molecule has 0 radical (unpaired) electrons. The van der Waals surface area contributed by atoms with E-state index < -0.39 is 11.7 Å². The fourth-order valence-electron chi connectivity index (χ4n) is 1.86. The van der Waals surface area contributed by atoms with Crippen LogP contribution in [0.25, 0.3) is 0 Å². The van der Waals surface area contributed by atoms with Crippen molar-refractivity contribution < 1.29 is 19.1 Å². The highest BCUT2D eigenvalue weighted by Crippen LogP contribution is 2.14. The molecule has 1 unspecified atom stereocenters. The van der Waals surface area contributed by atoms with Crippen molar-refractivity contribution >= 4 is 11.9 Å². The summed E-state index contributed by atoms with van der Waals surface area (Å²) in [5.41, 5.74) is 0.0458. The molecule has 0 fully saturated rings. The predicted octanol–water partition coefficient (Wildman–Crippen LogP) is 3.57. The summed E-state index contributed by atoms with van der Waals surface area (Å²) in [6, 6.07) is 6.70. The van der Waals surface area contributed by atoms with Gasteiger partial charge in [0.1, 0.15) is 11.4 Å². The van der Waals surface area contributed by atoms with Crippen LogP contribution in [0.2, 0.25) is 0 Å². The van der Waals surface area contributed by atoms with Crippen LogP contribution < -0.4 is 10.1 Å². The molecular weight excluding hydrogens is 282 g/mol. The first kappa shape index (κ1) is 18.0. The molecule has 22 heavy (non-hydrogen) atoms. The van der Waals surface area contributed by atoms with Gasteiger partial charge in [-0.3, -0.25) is 4.79 Å². The van der Waals surface area contributed by atoms with Crippen LogP contribution in [0.3, 0.4) is 0 Å². The number of Topliss-reactive ketones (excluding diaryl/α,β-unsaturated/α-hetero) is 1. The van der Waals surface area contributed by atoms with E-state index in [0.717, 1.165) is 5.75 Å². The molecule has 5 nitrogen and oxygen atoms in total. The second-order valence-electron chi connectivity index (χ2n) is 6.13. The molecule has 1 aromatic rings. The SMILES string of the molecule is CCOc1ccc(C(=O)CC(C)NC(=O)OC(C)(C)C)cc1. The number of nitrogens with one attached hydrogen (secondary N) is 1. The summed E-state index contributed by atoms with van der Waals surface area (Å²) in [7, 11) is 0. The highest BCUT2D eigenvalue weighted by Gasteiger charge is 2.19. The van der Waals surface area contributed by atoms with E-state index >= 15 is 0 Å². The van der Waals surface area contributed by atoms with Gasteiger partial charge in [0.15, 0.2) is 5.78 Å². The van der Waals surface area contributed by atoms with Crippen LogP contribution in [0.5, 0.6) is 5.75 Å². The highest BCUT2D eigenvalue weighted by atomic mass is 16.6. The van der Waals surface area contributed by atoms with Crippen molar-refractivity contribution in [3.63, 3.8) is 0 Å². The number of carbonyl (C=O) groups is 2. The van der Waals surface area contributed by atoms with Gasteiger partial charge in [0.2, 0.25) is 0 Å². The minimum absolute atomic E-state index is 0.0355. The van der Waals surface area contributed by atoms with Crippen molar-refractivity contribution in [2.24, 2.45) is 0 Å². The van der Waals surface area contributed by atoms with Gasteiger partial charge in [0.05, 0.1) is 6.61 Å². The molecule has 5 heteroatoms. The molecule has 0 aliphatic heterocycles. The minimum Gasteiger partial charge on any atom is -0.494 e. The molecule has 1 N–H and O–H groups in total. The zero-order valence-corrected chi connectivity index (χ0v) is 13.9. The summed E-state index contributed by atoms with van der Waals surface area (Å²) in [6.07, 6.45) is -0.299. The maximum atomic E-state index is 12.2.